The smallest absolute Gasteiger partial charge is 0.320 e. The van der Waals surface area contributed by atoms with Crippen molar-refractivity contribution in [3.05, 3.63) is 47.4 Å². The number of alkyl halides is 3. The minimum atomic E-state index is -4.55. The average molecular weight is 347 g/mol. The van der Waals surface area contributed by atoms with Gasteiger partial charge < -0.3 is 15.2 Å². The fourth-order valence-electron chi connectivity index (χ4n) is 2.39. The van der Waals surface area contributed by atoms with Gasteiger partial charge in [-0.1, -0.05) is 18.2 Å². The van der Waals surface area contributed by atoms with Crippen molar-refractivity contribution in [3.63, 3.8) is 0 Å². The van der Waals surface area contributed by atoms with Gasteiger partial charge in [0.25, 0.3) is 5.91 Å². The van der Waals surface area contributed by atoms with Gasteiger partial charge in [0.15, 0.2) is 5.82 Å². The van der Waals surface area contributed by atoms with Crippen molar-refractivity contribution in [2.75, 3.05) is 11.9 Å². The molecule has 0 bridgehead atoms. The SMILES string of the molecule is Cl.O=C(Nc1nc(C(F)(F)F)n2c1CNCC2)c1ccccc1. The Hall–Kier alpha value is -2.06. The molecule has 0 fully saturated rings. The number of benzene rings is 1. The molecular weight excluding hydrogens is 333 g/mol. The van der Waals surface area contributed by atoms with Gasteiger partial charge in [0.2, 0.25) is 5.82 Å². The third-order valence-corrected chi connectivity index (χ3v) is 3.40. The zero-order valence-electron chi connectivity index (χ0n) is 11.9. The molecule has 0 unspecified atom stereocenters. The third kappa shape index (κ3) is 3.48. The summed E-state index contributed by atoms with van der Waals surface area (Å²) in [5.74, 6) is -1.51. The lowest BCUT2D eigenvalue weighted by Crippen LogP contribution is -2.30. The van der Waals surface area contributed by atoms with Crippen molar-refractivity contribution in [2.45, 2.75) is 19.3 Å². The Kier molecular flexibility index (Phi) is 4.96. The van der Waals surface area contributed by atoms with Crippen LogP contribution in [0.5, 0.6) is 0 Å². The molecule has 124 valence electrons. The molecule has 2 heterocycles. The molecule has 1 aliphatic rings. The molecule has 1 aliphatic heterocycles. The maximum Gasteiger partial charge on any atom is 0.449 e. The fourth-order valence-corrected chi connectivity index (χ4v) is 2.39. The van der Waals surface area contributed by atoms with E-state index in [1.807, 2.05) is 0 Å². The lowest BCUT2D eigenvalue weighted by Gasteiger charge is -2.19. The van der Waals surface area contributed by atoms with Gasteiger partial charge in [0.05, 0.1) is 5.69 Å². The minimum absolute atomic E-state index is 0. The number of rotatable bonds is 2. The van der Waals surface area contributed by atoms with E-state index in [1.54, 1.807) is 30.3 Å². The van der Waals surface area contributed by atoms with Gasteiger partial charge in [-0.05, 0) is 12.1 Å². The molecule has 23 heavy (non-hydrogen) atoms. The second-order valence-corrected chi connectivity index (χ2v) is 4.88. The Labute approximate surface area is 136 Å². The summed E-state index contributed by atoms with van der Waals surface area (Å²) in [5.41, 5.74) is 0.699. The van der Waals surface area contributed by atoms with Crippen LogP contribution >= 0.6 is 12.4 Å². The predicted octanol–water partition coefficient (Wildman–Crippen LogP) is 2.68. The lowest BCUT2D eigenvalue weighted by molar-refractivity contribution is -0.147. The number of amides is 1. The number of hydrogen-bond acceptors (Lipinski definition) is 3. The zero-order valence-corrected chi connectivity index (χ0v) is 12.7. The summed E-state index contributed by atoms with van der Waals surface area (Å²) in [6.45, 7) is 0.824. The summed E-state index contributed by atoms with van der Waals surface area (Å²) >= 11 is 0. The van der Waals surface area contributed by atoms with Gasteiger partial charge in [-0.15, -0.1) is 12.4 Å². The molecule has 0 saturated heterocycles. The number of halogens is 4. The van der Waals surface area contributed by atoms with Crippen LogP contribution in [0.1, 0.15) is 21.9 Å². The number of fused-ring (bicyclic) bond motifs is 1. The van der Waals surface area contributed by atoms with Crippen molar-refractivity contribution in [1.82, 2.24) is 14.9 Å². The molecule has 2 N–H and O–H groups in total. The number of nitrogens with one attached hydrogen (secondary N) is 2. The van der Waals surface area contributed by atoms with Crippen LogP contribution in [-0.4, -0.2) is 22.0 Å². The number of aromatic nitrogens is 2. The van der Waals surface area contributed by atoms with Crippen molar-refractivity contribution in [2.24, 2.45) is 0 Å². The van der Waals surface area contributed by atoms with Crippen LogP contribution in [0.2, 0.25) is 0 Å². The molecular formula is C14H14ClF3N4O. The number of carbonyl (C=O) groups excluding carboxylic acids is 1. The summed E-state index contributed by atoms with van der Waals surface area (Å²) < 4.78 is 40.2. The van der Waals surface area contributed by atoms with Gasteiger partial charge in [-0.25, -0.2) is 4.98 Å². The molecule has 3 rings (SSSR count). The summed E-state index contributed by atoms with van der Waals surface area (Å²) in [6, 6.07) is 8.28. The van der Waals surface area contributed by atoms with Crippen LogP contribution < -0.4 is 10.6 Å². The first-order valence-corrected chi connectivity index (χ1v) is 6.70. The molecule has 0 spiro atoms. The molecule has 0 atom stereocenters. The van der Waals surface area contributed by atoms with Crippen LogP contribution in [-0.2, 0) is 19.3 Å². The molecule has 2 aromatic rings. The van der Waals surface area contributed by atoms with Gasteiger partial charge in [-0.3, -0.25) is 4.79 Å². The van der Waals surface area contributed by atoms with E-state index in [1.165, 1.54) is 0 Å². The highest BCUT2D eigenvalue weighted by atomic mass is 35.5. The average Bonchev–Trinajstić information content (AvgIpc) is 2.87. The summed E-state index contributed by atoms with van der Waals surface area (Å²) in [5, 5.41) is 5.45. The summed E-state index contributed by atoms with van der Waals surface area (Å²) in [4.78, 5) is 15.7. The monoisotopic (exact) mass is 346 g/mol. The quantitative estimate of drug-likeness (QED) is 0.879. The van der Waals surface area contributed by atoms with Crippen LogP contribution in [0.3, 0.4) is 0 Å². The Morgan fingerprint density at radius 2 is 1.96 bits per heavy atom. The van der Waals surface area contributed by atoms with Crippen LogP contribution in [0.15, 0.2) is 30.3 Å². The lowest BCUT2D eigenvalue weighted by atomic mass is 10.2. The number of nitrogens with zero attached hydrogens (tertiary/aromatic N) is 2. The highest BCUT2D eigenvalue weighted by Gasteiger charge is 2.39. The van der Waals surface area contributed by atoms with Gasteiger partial charge >= 0.3 is 6.18 Å². The maximum absolute atomic E-state index is 13.0. The molecule has 0 radical (unpaired) electrons. The second-order valence-electron chi connectivity index (χ2n) is 4.88. The highest BCUT2D eigenvalue weighted by Crippen LogP contribution is 2.33. The Balaban J connectivity index is 0.00000192. The Morgan fingerprint density at radius 1 is 1.26 bits per heavy atom. The standard InChI is InChI=1S/C14H13F3N4O.ClH/c15-14(16,17)13-20-11(10-8-18-6-7-21(10)13)19-12(22)9-4-2-1-3-5-9;/h1-5,18H,6-8H2,(H,19,22);1H. The molecule has 0 aliphatic carbocycles. The van der Waals surface area contributed by atoms with Crippen LogP contribution in [0.4, 0.5) is 19.0 Å². The van der Waals surface area contributed by atoms with Crippen molar-refractivity contribution < 1.29 is 18.0 Å². The largest absolute Gasteiger partial charge is 0.449 e. The molecule has 9 heteroatoms. The molecule has 1 amide bonds. The van der Waals surface area contributed by atoms with E-state index in [4.69, 9.17) is 0 Å². The summed E-state index contributed by atoms with van der Waals surface area (Å²) in [7, 11) is 0. The second kappa shape index (κ2) is 6.59. The molecule has 0 saturated carbocycles. The highest BCUT2D eigenvalue weighted by molar-refractivity contribution is 6.04. The predicted molar refractivity (Wildman–Crippen MR) is 80.6 cm³/mol. The Morgan fingerprint density at radius 3 is 2.61 bits per heavy atom. The first-order valence-electron chi connectivity index (χ1n) is 6.70. The number of carbonyl (C=O) groups is 1. The Bertz CT molecular complexity index is 700. The summed E-state index contributed by atoms with van der Waals surface area (Å²) in [6.07, 6.45) is -4.55. The number of anilines is 1. The molecule has 1 aromatic carbocycles. The topological polar surface area (TPSA) is 59.0 Å². The first-order chi connectivity index (χ1) is 10.5. The van der Waals surface area contributed by atoms with E-state index in [9.17, 15) is 18.0 Å². The van der Waals surface area contributed by atoms with Gasteiger partial charge in [-0.2, -0.15) is 13.2 Å². The van der Waals surface area contributed by atoms with E-state index in [0.29, 0.717) is 17.8 Å². The van der Waals surface area contributed by atoms with Crippen molar-refractivity contribution in [3.8, 4) is 0 Å². The minimum Gasteiger partial charge on any atom is -0.320 e. The fraction of sp³-hybridized carbons (Fsp3) is 0.286. The van der Waals surface area contributed by atoms with Gasteiger partial charge in [0.1, 0.15) is 0 Å². The zero-order chi connectivity index (χ0) is 15.7. The maximum atomic E-state index is 13.0. The van der Waals surface area contributed by atoms with E-state index in [0.717, 1.165) is 4.57 Å². The van der Waals surface area contributed by atoms with Crippen LogP contribution in [0, 0.1) is 0 Å². The molecule has 5 nitrogen and oxygen atoms in total. The number of hydrogen-bond donors (Lipinski definition) is 2. The van der Waals surface area contributed by atoms with E-state index < -0.39 is 17.9 Å². The number of imidazole rings is 1. The van der Waals surface area contributed by atoms with Crippen molar-refractivity contribution in [1.29, 1.82) is 0 Å². The normalized spacial score (nSPS) is 13.9. The van der Waals surface area contributed by atoms with E-state index in [2.05, 4.69) is 15.6 Å². The van der Waals surface area contributed by atoms with E-state index >= 15 is 0 Å². The van der Waals surface area contributed by atoms with Crippen LogP contribution in [0.25, 0.3) is 0 Å². The molecule has 1 aromatic heterocycles. The van der Waals surface area contributed by atoms with Crippen molar-refractivity contribution >= 4 is 24.1 Å². The van der Waals surface area contributed by atoms with Gasteiger partial charge in [0, 0.05) is 25.2 Å². The third-order valence-electron chi connectivity index (χ3n) is 3.40. The first kappa shape index (κ1) is 17.3. The van der Waals surface area contributed by atoms with E-state index in [-0.39, 0.29) is 31.3 Å².